The molecule has 21 heavy (non-hydrogen) atoms. The lowest BCUT2D eigenvalue weighted by Gasteiger charge is -2.16. The van der Waals surface area contributed by atoms with Gasteiger partial charge in [0, 0.05) is 44.1 Å². The maximum Gasteiger partial charge on any atom is 0.307 e. The zero-order chi connectivity index (χ0) is 15.8. The van der Waals surface area contributed by atoms with E-state index in [1.165, 1.54) is 18.4 Å². The van der Waals surface area contributed by atoms with Gasteiger partial charge in [0.1, 0.15) is 0 Å². The first-order valence-corrected chi connectivity index (χ1v) is 7.79. The summed E-state index contributed by atoms with van der Waals surface area (Å²) in [7, 11) is 3.08. The van der Waals surface area contributed by atoms with Crippen molar-refractivity contribution in [3.05, 3.63) is 20.7 Å². The van der Waals surface area contributed by atoms with Crippen LogP contribution in [0, 0.1) is 6.92 Å². The first-order chi connectivity index (χ1) is 9.95. The maximum absolute atomic E-state index is 11.9. The molecule has 0 aliphatic carbocycles. The van der Waals surface area contributed by atoms with Gasteiger partial charge >= 0.3 is 10.8 Å². The number of carbonyl (C=O) groups excluding carboxylic acids is 2. The lowest BCUT2D eigenvalue weighted by atomic mass is 10.2. The summed E-state index contributed by atoms with van der Waals surface area (Å²) in [6.07, 6.45) is 1.95. The van der Waals surface area contributed by atoms with Crippen LogP contribution in [0.15, 0.2) is 10.2 Å². The molecule has 7 heteroatoms. The monoisotopic (exact) mass is 314 g/mol. The largest absolute Gasteiger partial charge is 0.469 e. The minimum Gasteiger partial charge on any atom is -0.469 e. The first kappa shape index (κ1) is 17.4. The van der Waals surface area contributed by atoms with Crippen LogP contribution < -0.4 is 4.87 Å². The fourth-order valence-electron chi connectivity index (χ4n) is 1.94. The van der Waals surface area contributed by atoms with Crippen LogP contribution in [0.1, 0.15) is 31.4 Å². The van der Waals surface area contributed by atoms with Gasteiger partial charge in [-0.05, 0) is 19.8 Å². The molecule has 118 valence electrons. The summed E-state index contributed by atoms with van der Waals surface area (Å²) in [6, 6.07) is 0. The number of ether oxygens (including phenoxy) is 1. The van der Waals surface area contributed by atoms with Crippen molar-refractivity contribution in [2.45, 2.75) is 39.2 Å². The highest BCUT2D eigenvalue weighted by Crippen LogP contribution is 2.04. The molecule has 0 saturated carbocycles. The molecule has 0 aliphatic rings. The second-order valence-electron chi connectivity index (χ2n) is 4.89. The summed E-state index contributed by atoms with van der Waals surface area (Å²) in [5.41, 5.74) is 0.934. The van der Waals surface area contributed by atoms with Gasteiger partial charge in [0.15, 0.2) is 0 Å². The summed E-state index contributed by atoms with van der Waals surface area (Å²) >= 11 is 1.18. The molecule has 0 unspecified atom stereocenters. The van der Waals surface area contributed by atoms with E-state index in [0.29, 0.717) is 38.8 Å². The van der Waals surface area contributed by atoms with Crippen LogP contribution in [0.4, 0.5) is 0 Å². The van der Waals surface area contributed by atoms with Gasteiger partial charge in [-0.1, -0.05) is 11.3 Å². The maximum atomic E-state index is 11.9. The Morgan fingerprint density at radius 2 is 2.05 bits per heavy atom. The quantitative estimate of drug-likeness (QED) is 0.680. The van der Waals surface area contributed by atoms with E-state index in [1.54, 1.807) is 16.5 Å². The molecule has 1 heterocycles. The molecule has 1 rings (SSSR count). The fourth-order valence-corrected chi connectivity index (χ4v) is 2.70. The highest BCUT2D eigenvalue weighted by Gasteiger charge is 2.10. The number of hydrogen-bond donors (Lipinski definition) is 0. The van der Waals surface area contributed by atoms with E-state index in [0.717, 1.165) is 5.69 Å². The molecule has 1 amide bonds. The molecule has 0 aromatic carbocycles. The normalized spacial score (nSPS) is 10.4. The average molecular weight is 314 g/mol. The number of thiazole rings is 1. The van der Waals surface area contributed by atoms with Gasteiger partial charge in [-0.2, -0.15) is 0 Å². The van der Waals surface area contributed by atoms with Crippen molar-refractivity contribution in [3.63, 3.8) is 0 Å². The van der Waals surface area contributed by atoms with Gasteiger partial charge in [-0.25, -0.2) is 0 Å². The summed E-state index contributed by atoms with van der Waals surface area (Å²) in [5, 5.41) is 1.82. The minimum atomic E-state index is -0.261. The third kappa shape index (κ3) is 5.71. The van der Waals surface area contributed by atoms with Crippen molar-refractivity contribution in [1.29, 1.82) is 0 Å². The van der Waals surface area contributed by atoms with Crippen molar-refractivity contribution in [2.75, 3.05) is 20.7 Å². The molecule has 1 aromatic heterocycles. The zero-order valence-electron chi connectivity index (χ0n) is 12.8. The Kier molecular flexibility index (Phi) is 7.14. The lowest BCUT2D eigenvalue weighted by Crippen LogP contribution is -2.28. The highest BCUT2D eigenvalue weighted by molar-refractivity contribution is 7.07. The van der Waals surface area contributed by atoms with Crippen LogP contribution in [0.2, 0.25) is 0 Å². The van der Waals surface area contributed by atoms with Crippen LogP contribution in [0.5, 0.6) is 0 Å². The number of aromatic nitrogens is 1. The number of hydrogen-bond acceptors (Lipinski definition) is 5. The van der Waals surface area contributed by atoms with Crippen molar-refractivity contribution in [3.8, 4) is 0 Å². The summed E-state index contributed by atoms with van der Waals surface area (Å²) in [6.45, 7) is 2.99. The van der Waals surface area contributed by atoms with Gasteiger partial charge in [-0.15, -0.1) is 0 Å². The summed E-state index contributed by atoms with van der Waals surface area (Å²) in [4.78, 5) is 36.0. The Morgan fingerprint density at radius 1 is 1.33 bits per heavy atom. The number of methoxy groups -OCH3 is 1. The third-order valence-electron chi connectivity index (χ3n) is 3.28. The van der Waals surface area contributed by atoms with E-state index >= 15 is 0 Å². The molecule has 0 bridgehead atoms. The summed E-state index contributed by atoms with van der Waals surface area (Å²) < 4.78 is 6.24. The molecule has 0 N–H and O–H groups in total. The van der Waals surface area contributed by atoms with Crippen molar-refractivity contribution < 1.29 is 14.3 Å². The third-order valence-corrected chi connectivity index (χ3v) is 4.16. The number of esters is 1. The smallest absolute Gasteiger partial charge is 0.307 e. The first-order valence-electron chi connectivity index (χ1n) is 6.91. The Hall–Kier alpha value is -1.63. The van der Waals surface area contributed by atoms with Crippen LogP contribution >= 0.6 is 11.3 Å². The minimum absolute atomic E-state index is 0.0198. The van der Waals surface area contributed by atoms with Gasteiger partial charge in [0.05, 0.1) is 7.11 Å². The van der Waals surface area contributed by atoms with E-state index < -0.39 is 0 Å². The molecule has 0 spiro atoms. The average Bonchev–Trinajstić information content (AvgIpc) is 2.78. The molecule has 0 atom stereocenters. The molecule has 0 aliphatic heterocycles. The lowest BCUT2D eigenvalue weighted by molar-refractivity contribution is -0.141. The number of carbonyl (C=O) groups is 2. The molecule has 0 radical (unpaired) electrons. The van der Waals surface area contributed by atoms with Crippen LogP contribution in [0.25, 0.3) is 0 Å². The van der Waals surface area contributed by atoms with Crippen LogP contribution in [-0.4, -0.2) is 42.0 Å². The fraction of sp³-hybridized carbons (Fsp3) is 0.643. The predicted molar refractivity (Wildman–Crippen MR) is 81.4 cm³/mol. The Labute approximate surface area is 128 Å². The molecule has 0 fully saturated rings. The number of rotatable bonds is 8. The molecular formula is C14H22N2O4S. The highest BCUT2D eigenvalue weighted by atomic mass is 32.1. The van der Waals surface area contributed by atoms with E-state index in [1.807, 2.05) is 12.3 Å². The van der Waals surface area contributed by atoms with Crippen LogP contribution in [0.3, 0.4) is 0 Å². The Bertz CT molecular complexity index is 535. The predicted octanol–water partition coefficient (Wildman–Crippen LogP) is 1.41. The van der Waals surface area contributed by atoms with Crippen LogP contribution in [-0.2, 0) is 20.9 Å². The van der Waals surface area contributed by atoms with E-state index in [4.69, 9.17) is 0 Å². The number of aryl methyl sites for hydroxylation is 1. The Balaban J connectivity index is 2.27. The zero-order valence-corrected chi connectivity index (χ0v) is 13.6. The second-order valence-corrected chi connectivity index (χ2v) is 5.71. The Morgan fingerprint density at radius 3 is 2.62 bits per heavy atom. The molecule has 0 saturated heterocycles. The summed E-state index contributed by atoms with van der Waals surface area (Å²) in [5.74, 6) is -0.232. The van der Waals surface area contributed by atoms with Crippen molar-refractivity contribution >= 4 is 23.2 Å². The number of amides is 1. The SMILES string of the molecule is COC(=O)CCCN(C)C(=O)CCCn1c(C)csc1=O. The molecule has 1 aromatic rings. The molecule has 6 nitrogen and oxygen atoms in total. The molecular weight excluding hydrogens is 292 g/mol. The van der Waals surface area contributed by atoms with E-state index in [-0.39, 0.29) is 16.7 Å². The van der Waals surface area contributed by atoms with Gasteiger partial charge in [0.25, 0.3) is 0 Å². The van der Waals surface area contributed by atoms with Gasteiger partial charge in [-0.3, -0.25) is 14.4 Å². The second kappa shape index (κ2) is 8.61. The standard InChI is InChI=1S/C14H22N2O4S/c1-11-10-21-14(19)16(11)9-4-6-12(17)15(2)8-5-7-13(18)20-3/h10H,4-9H2,1-3H3. The topological polar surface area (TPSA) is 68.6 Å². The number of nitrogens with zero attached hydrogens (tertiary/aromatic N) is 2. The van der Waals surface area contributed by atoms with Gasteiger partial charge in [0.2, 0.25) is 5.91 Å². The van der Waals surface area contributed by atoms with Crippen molar-refractivity contribution in [1.82, 2.24) is 9.47 Å². The van der Waals surface area contributed by atoms with E-state index in [2.05, 4.69) is 4.74 Å². The van der Waals surface area contributed by atoms with Crippen molar-refractivity contribution in [2.24, 2.45) is 0 Å². The van der Waals surface area contributed by atoms with E-state index in [9.17, 15) is 14.4 Å². The van der Waals surface area contributed by atoms with Gasteiger partial charge < -0.3 is 14.2 Å².